The summed E-state index contributed by atoms with van der Waals surface area (Å²) in [5.74, 6) is -0.0562. The van der Waals surface area contributed by atoms with E-state index < -0.39 is 5.95 Å². The van der Waals surface area contributed by atoms with Crippen LogP contribution < -0.4 is 4.74 Å². The molecule has 0 fully saturated rings. The van der Waals surface area contributed by atoms with E-state index in [-0.39, 0.29) is 10.8 Å². The number of nitrogens with zero attached hydrogens (tertiary/aromatic N) is 1. The van der Waals surface area contributed by atoms with Crippen LogP contribution in [0.25, 0.3) is 0 Å². The second kappa shape index (κ2) is 4.87. The Labute approximate surface area is 110 Å². The summed E-state index contributed by atoms with van der Waals surface area (Å²) in [6, 6.07) is 1.81. The molecule has 18 heavy (non-hydrogen) atoms. The molecule has 0 bridgehead atoms. The highest BCUT2D eigenvalue weighted by Crippen LogP contribution is 2.29. The lowest BCUT2D eigenvalue weighted by Crippen LogP contribution is -2.20. The smallest absolute Gasteiger partial charge is 0.220 e. The van der Waals surface area contributed by atoms with E-state index in [1.54, 1.807) is 0 Å². The fourth-order valence-corrected chi connectivity index (χ4v) is 1.87. The van der Waals surface area contributed by atoms with Gasteiger partial charge in [0.15, 0.2) is 0 Å². The van der Waals surface area contributed by atoms with Gasteiger partial charge in [0, 0.05) is 11.6 Å². The summed E-state index contributed by atoms with van der Waals surface area (Å²) in [6.07, 6.45) is 0. The largest absolute Gasteiger partial charge is 0.477 e. The van der Waals surface area contributed by atoms with Crippen molar-refractivity contribution in [2.75, 3.05) is 6.61 Å². The van der Waals surface area contributed by atoms with Crippen LogP contribution >= 0.6 is 0 Å². The van der Waals surface area contributed by atoms with E-state index >= 15 is 0 Å². The zero-order chi connectivity index (χ0) is 14.1. The van der Waals surface area contributed by atoms with E-state index in [1.165, 1.54) is 0 Å². The molecule has 0 saturated carbocycles. The maximum atomic E-state index is 14.0. The number of hydrogen-bond donors (Lipinski definition) is 0. The third-order valence-corrected chi connectivity index (χ3v) is 2.55. The quantitative estimate of drug-likeness (QED) is 0.735. The van der Waals surface area contributed by atoms with Crippen molar-refractivity contribution in [1.82, 2.24) is 4.98 Å². The van der Waals surface area contributed by atoms with Crippen molar-refractivity contribution in [3.63, 3.8) is 0 Å². The van der Waals surface area contributed by atoms with Crippen molar-refractivity contribution in [3.8, 4) is 5.88 Å². The van der Waals surface area contributed by atoms with Crippen molar-refractivity contribution in [2.45, 2.75) is 53.9 Å². The second-order valence-corrected chi connectivity index (χ2v) is 7.04. The third kappa shape index (κ3) is 3.97. The maximum Gasteiger partial charge on any atom is 0.220 e. The molecule has 2 nitrogen and oxygen atoms in total. The van der Waals surface area contributed by atoms with E-state index in [0.29, 0.717) is 18.1 Å². The molecule has 0 saturated heterocycles. The van der Waals surface area contributed by atoms with Crippen LogP contribution in [0.4, 0.5) is 4.39 Å². The number of rotatable bonds is 2. The Bertz CT molecular complexity index is 404. The molecule has 1 aromatic rings. The first-order valence-corrected chi connectivity index (χ1v) is 6.31. The minimum atomic E-state index is -0.425. The summed E-state index contributed by atoms with van der Waals surface area (Å²) in [5, 5.41) is 0. The van der Waals surface area contributed by atoms with E-state index in [2.05, 4.69) is 25.8 Å². The molecule has 0 N–H and O–H groups in total. The molecule has 0 spiro atoms. The molecule has 3 heteroatoms. The van der Waals surface area contributed by atoms with Gasteiger partial charge in [0.1, 0.15) is 0 Å². The SMILES string of the molecule is Cc1cc(OCC(C)(C)C)nc(F)c1C(C)(C)C. The number of halogens is 1. The standard InChI is InChI=1S/C15H24FNO/c1-10-8-11(18-9-14(2,3)4)17-13(16)12(10)15(5,6)7/h8H,9H2,1-7H3. The highest BCUT2D eigenvalue weighted by atomic mass is 19.1. The van der Waals surface area contributed by atoms with Gasteiger partial charge in [0.25, 0.3) is 0 Å². The average molecular weight is 253 g/mol. The van der Waals surface area contributed by atoms with Gasteiger partial charge in [0.05, 0.1) is 6.61 Å². The van der Waals surface area contributed by atoms with Crippen molar-refractivity contribution in [3.05, 3.63) is 23.1 Å². The van der Waals surface area contributed by atoms with E-state index in [1.807, 2.05) is 33.8 Å². The molecule has 0 aliphatic heterocycles. The molecule has 0 amide bonds. The molecule has 1 aromatic heterocycles. The Morgan fingerprint density at radius 2 is 1.72 bits per heavy atom. The Kier molecular flexibility index (Phi) is 4.04. The summed E-state index contributed by atoms with van der Waals surface area (Å²) < 4.78 is 19.6. The molecule has 1 rings (SSSR count). The van der Waals surface area contributed by atoms with Gasteiger partial charge in [-0.3, -0.25) is 0 Å². The monoisotopic (exact) mass is 253 g/mol. The summed E-state index contributed by atoms with van der Waals surface area (Å²) in [7, 11) is 0. The zero-order valence-corrected chi connectivity index (χ0v) is 12.5. The predicted molar refractivity (Wildman–Crippen MR) is 72.6 cm³/mol. The Morgan fingerprint density at radius 1 is 1.17 bits per heavy atom. The molecule has 0 unspecified atom stereocenters. The number of pyridine rings is 1. The molecule has 0 aliphatic carbocycles. The summed E-state index contributed by atoms with van der Waals surface area (Å²) in [4.78, 5) is 3.91. The van der Waals surface area contributed by atoms with Crippen LogP contribution in [-0.2, 0) is 5.41 Å². The van der Waals surface area contributed by atoms with Gasteiger partial charge in [0.2, 0.25) is 11.8 Å². The van der Waals surface area contributed by atoms with Crippen LogP contribution in [0.15, 0.2) is 6.07 Å². The van der Waals surface area contributed by atoms with Crippen LogP contribution in [0.5, 0.6) is 5.88 Å². The Balaban J connectivity index is 3.01. The molecule has 102 valence electrons. The minimum Gasteiger partial charge on any atom is -0.477 e. The highest BCUT2D eigenvalue weighted by Gasteiger charge is 2.23. The van der Waals surface area contributed by atoms with E-state index in [0.717, 1.165) is 5.56 Å². The Hall–Kier alpha value is -1.12. The normalized spacial score (nSPS) is 12.7. The lowest BCUT2D eigenvalue weighted by molar-refractivity contribution is 0.189. The topological polar surface area (TPSA) is 22.1 Å². The lowest BCUT2D eigenvalue weighted by Gasteiger charge is -2.23. The van der Waals surface area contributed by atoms with E-state index in [9.17, 15) is 4.39 Å². The Morgan fingerprint density at radius 3 is 2.11 bits per heavy atom. The number of aryl methyl sites for hydroxylation is 1. The lowest BCUT2D eigenvalue weighted by atomic mass is 9.85. The second-order valence-electron chi connectivity index (χ2n) is 7.04. The van der Waals surface area contributed by atoms with Gasteiger partial charge in [-0.25, -0.2) is 0 Å². The summed E-state index contributed by atoms with van der Waals surface area (Å²) in [5.41, 5.74) is 1.34. The fourth-order valence-electron chi connectivity index (χ4n) is 1.87. The predicted octanol–water partition coefficient (Wildman–Crippen LogP) is 4.25. The zero-order valence-electron chi connectivity index (χ0n) is 12.5. The molecular weight excluding hydrogens is 229 g/mol. The van der Waals surface area contributed by atoms with Gasteiger partial charge < -0.3 is 4.74 Å². The molecule has 0 radical (unpaired) electrons. The molecule has 0 aromatic carbocycles. The van der Waals surface area contributed by atoms with Gasteiger partial charge in [-0.05, 0) is 23.3 Å². The first kappa shape index (κ1) is 14.9. The number of hydrogen-bond acceptors (Lipinski definition) is 2. The maximum absolute atomic E-state index is 14.0. The van der Waals surface area contributed by atoms with Crippen molar-refractivity contribution in [1.29, 1.82) is 0 Å². The van der Waals surface area contributed by atoms with Gasteiger partial charge in [-0.2, -0.15) is 9.37 Å². The fraction of sp³-hybridized carbons (Fsp3) is 0.667. The molecule has 0 atom stereocenters. The molecular formula is C15H24FNO. The van der Waals surface area contributed by atoms with Crippen LogP contribution in [0.3, 0.4) is 0 Å². The molecule has 1 heterocycles. The van der Waals surface area contributed by atoms with Gasteiger partial charge in [-0.15, -0.1) is 0 Å². The summed E-state index contributed by atoms with van der Waals surface area (Å²) >= 11 is 0. The van der Waals surface area contributed by atoms with Gasteiger partial charge >= 0.3 is 0 Å². The van der Waals surface area contributed by atoms with Crippen LogP contribution in [0.1, 0.15) is 52.7 Å². The van der Waals surface area contributed by atoms with Gasteiger partial charge in [-0.1, -0.05) is 41.5 Å². The van der Waals surface area contributed by atoms with Crippen molar-refractivity contribution in [2.24, 2.45) is 5.41 Å². The van der Waals surface area contributed by atoms with Crippen molar-refractivity contribution >= 4 is 0 Å². The highest BCUT2D eigenvalue weighted by molar-refractivity contribution is 5.34. The van der Waals surface area contributed by atoms with Crippen LogP contribution in [0.2, 0.25) is 0 Å². The number of aromatic nitrogens is 1. The van der Waals surface area contributed by atoms with Crippen LogP contribution in [0, 0.1) is 18.3 Å². The number of ether oxygens (including phenoxy) is 1. The van der Waals surface area contributed by atoms with Crippen molar-refractivity contribution < 1.29 is 9.13 Å². The summed E-state index contributed by atoms with van der Waals surface area (Å²) in [6.45, 7) is 14.6. The first-order valence-electron chi connectivity index (χ1n) is 6.31. The minimum absolute atomic E-state index is 0.0365. The third-order valence-electron chi connectivity index (χ3n) is 2.55. The van der Waals surface area contributed by atoms with E-state index in [4.69, 9.17) is 4.74 Å². The average Bonchev–Trinajstić information content (AvgIpc) is 2.10. The van der Waals surface area contributed by atoms with Crippen LogP contribution in [-0.4, -0.2) is 11.6 Å². The first-order chi connectivity index (χ1) is 8.00. The molecule has 0 aliphatic rings.